The summed E-state index contributed by atoms with van der Waals surface area (Å²) in [5, 5.41) is 12.5. The van der Waals surface area contributed by atoms with Crippen molar-refractivity contribution in [3.05, 3.63) is 83.9 Å². The maximum atomic E-state index is 12.4. The second-order valence-corrected chi connectivity index (χ2v) is 9.52. The summed E-state index contributed by atoms with van der Waals surface area (Å²) in [4.78, 5) is 27.7. The molecule has 184 valence electrons. The van der Waals surface area contributed by atoms with Gasteiger partial charge in [-0.25, -0.2) is 4.98 Å². The number of benzene rings is 3. The van der Waals surface area contributed by atoms with Gasteiger partial charge in [-0.05, 0) is 79.3 Å². The van der Waals surface area contributed by atoms with Gasteiger partial charge in [0.1, 0.15) is 5.52 Å². The predicted octanol–water partition coefficient (Wildman–Crippen LogP) is 7.28. The zero-order valence-electron chi connectivity index (χ0n) is 20.2. The molecule has 0 saturated heterocycles. The highest BCUT2D eigenvalue weighted by atomic mass is 16.4. The summed E-state index contributed by atoms with van der Waals surface area (Å²) in [6.45, 7) is 0. The SMILES string of the molecule is O=C(O)CCCC(=O)c1ccc(N[C@H](c2ccc(-c3nc4ccccc4o3)cc2)C2CCCC2)cc1. The Hall–Kier alpha value is -3.93. The van der Waals surface area contributed by atoms with Gasteiger partial charge in [0.2, 0.25) is 5.89 Å². The number of nitrogens with one attached hydrogen (secondary N) is 1. The van der Waals surface area contributed by atoms with Crippen LogP contribution in [-0.4, -0.2) is 21.8 Å². The lowest BCUT2D eigenvalue weighted by atomic mass is 9.90. The standard InChI is InChI=1S/C30H30N2O4/c33-26(9-5-11-28(34)35)20-16-18-24(19-17-20)31-29(21-6-1-2-7-21)22-12-14-23(15-13-22)30-32-25-8-3-4-10-27(25)36-30/h3-4,8,10,12-19,21,29,31H,1-2,5-7,9,11H2,(H,34,35)/t29-/m0/s1. The molecule has 0 amide bonds. The van der Waals surface area contributed by atoms with E-state index in [0.717, 1.165) is 22.4 Å². The molecule has 5 rings (SSSR count). The average molecular weight is 483 g/mol. The van der Waals surface area contributed by atoms with Gasteiger partial charge < -0.3 is 14.8 Å². The van der Waals surface area contributed by atoms with Gasteiger partial charge in [-0.2, -0.15) is 0 Å². The summed E-state index contributed by atoms with van der Waals surface area (Å²) in [6, 6.07) is 23.9. The fourth-order valence-corrected chi connectivity index (χ4v) is 5.07. The lowest BCUT2D eigenvalue weighted by molar-refractivity contribution is -0.137. The first-order valence-corrected chi connectivity index (χ1v) is 12.6. The van der Waals surface area contributed by atoms with Crippen molar-refractivity contribution >= 4 is 28.5 Å². The number of oxazole rings is 1. The molecule has 2 N–H and O–H groups in total. The van der Waals surface area contributed by atoms with Gasteiger partial charge in [0.05, 0.1) is 6.04 Å². The molecule has 6 heteroatoms. The first-order valence-electron chi connectivity index (χ1n) is 12.6. The first-order chi connectivity index (χ1) is 17.6. The number of fused-ring (bicyclic) bond motifs is 1. The van der Waals surface area contributed by atoms with Gasteiger partial charge in [-0.15, -0.1) is 0 Å². The van der Waals surface area contributed by atoms with Crippen molar-refractivity contribution in [3.8, 4) is 11.5 Å². The summed E-state index contributed by atoms with van der Waals surface area (Å²) in [6.07, 6.45) is 5.48. The minimum absolute atomic E-state index is 0.0135. The van der Waals surface area contributed by atoms with E-state index in [1.54, 1.807) is 0 Å². The van der Waals surface area contributed by atoms with Crippen molar-refractivity contribution < 1.29 is 19.1 Å². The number of carboxylic acid groups (broad SMARTS) is 1. The molecule has 1 atom stereocenters. The van der Waals surface area contributed by atoms with Gasteiger partial charge in [-0.1, -0.05) is 37.1 Å². The molecule has 1 heterocycles. The Bertz CT molecular complexity index is 1300. The van der Waals surface area contributed by atoms with E-state index in [9.17, 15) is 9.59 Å². The Morgan fingerprint density at radius 2 is 1.67 bits per heavy atom. The smallest absolute Gasteiger partial charge is 0.303 e. The van der Waals surface area contributed by atoms with Gasteiger partial charge in [0, 0.05) is 29.7 Å². The van der Waals surface area contributed by atoms with Crippen molar-refractivity contribution in [2.75, 3.05) is 5.32 Å². The number of anilines is 1. The van der Waals surface area contributed by atoms with E-state index < -0.39 is 5.97 Å². The third kappa shape index (κ3) is 5.48. The second kappa shape index (κ2) is 10.8. The van der Waals surface area contributed by atoms with Crippen molar-refractivity contribution in [1.82, 2.24) is 4.98 Å². The molecule has 3 aromatic carbocycles. The second-order valence-electron chi connectivity index (χ2n) is 9.52. The fourth-order valence-electron chi connectivity index (χ4n) is 5.07. The lowest BCUT2D eigenvalue weighted by Crippen LogP contribution is -2.19. The highest BCUT2D eigenvalue weighted by Gasteiger charge is 2.26. The van der Waals surface area contributed by atoms with Crippen LogP contribution in [0.15, 0.2) is 77.2 Å². The number of aliphatic carboxylic acids is 1. The topological polar surface area (TPSA) is 92.4 Å². The molecular weight excluding hydrogens is 452 g/mol. The Morgan fingerprint density at radius 1 is 0.944 bits per heavy atom. The van der Waals surface area contributed by atoms with Crippen molar-refractivity contribution in [2.24, 2.45) is 5.92 Å². The van der Waals surface area contributed by atoms with Crippen molar-refractivity contribution in [1.29, 1.82) is 0 Å². The first kappa shape index (κ1) is 23.8. The van der Waals surface area contributed by atoms with E-state index in [4.69, 9.17) is 9.52 Å². The van der Waals surface area contributed by atoms with Gasteiger partial charge in [-0.3, -0.25) is 9.59 Å². The summed E-state index contributed by atoms with van der Waals surface area (Å²) >= 11 is 0. The third-order valence-electron chi connectivity index (χ3n) is 7.01. The third-order valence-corrected chi connectivity index (χ3v) is 7.01. The molecule has 1 aliphatic carbocycles. The number of hydrogen-bond acceptors (Lipinski definition) is 5. The van der Waals surface area contributed by atoms with Crippen LogP contribution in [0.4, 0.5) is 5.69 Å². The number of carbonyl (C=O) groups is 2. The number of para-hydroxylation sites is 2. The number of carboxylic acids is 1. The molecule has 0 bridgehead atoms. The fraction of sp³-hybridized carbons (Fsp3) is 0.300. The van der Waals surface area contributed by atoms with Crippen molar-refractivity contribution in [2.45, 2.75) is 51.0 Å². The van der Waals surface area contributed by atoms with Crippen LogP contribution in [0.5, 0.6) is 0 Å². The van der Waals surface area contributed by atoms with Crippen LogP contribution in [0.2, 0.25) is 0 Å². The Kier molecular flexibility index (Phi) is 7.12. The van der Waals surface area contributed by atoms with Crippen molar-refractivity contribution in [3.63, 3.8) is 0 Å². The van der Waals surface area contributed by atoms with Gasteiger partial charge in [0.15, 0.2) is 11.4 Å². The molecule has 4 aromatic rings. The summed E-state index contributed by atoms with van der Waals surface area (Å²) in [5.74, 6) is 0.265. The van der Waals surface area contributed by atoms with Crippen LogP contribution < -0.4 is 5.32 Å². The van der Waals surface area contributed by atoms with E-state index in [1.807, 2.05) is 48.5 Å². The number of rotatable bonds is 10. The summed E-state index contributed by atoms with van der Waals surface area (Å²) in [7, 11) is 0. The molecule has 1 fully saturated rings. The maximum absolute atomic E-state index is 12.4. The number of Topliss-reactive ketones (excluding diaryl/α,β-unsaturated/α-hetero) is 1. The molecule has 0 radical (unpaired) electrons. The van der Waals surface area contributed by atoms with E-state index in [-0.39, 0.29) is 24.7 Å². The molecule has 6 nitrogen and oxygen atoms in total. The number of hydrogen-bond donors (Lipinski definition) is 2. The zero-order valence-corrected chi connectivity index (χ0v) is 20.2. The Balaban J connectivity index is 1.31. The predicted molar refractivity (Wildman–Crippen MR) is 140 cm³/mol. The summed E-state index contributed by atoms with van der Waals surface area (Å²) < 4.78 is 5.93. The van der Waals surface area contributed by atoms with Crippen LogP contribution in [0.25, 0.3) is 22.6 Å². The average Bonchev–Trinajstić information content (AvgIpc) is 3.58. The molecule has 1 saturated carbocycles. The van der Waals surface area contributed by atoms with Crippen LogP contribution in [0, 0.1) is 5.92 Å². The number of carbonyl (C=O) groups excluding carboxylic acids is 1. The van der Waals surface area contributed by atoms with Crippen LogP contribution in [0.1, 0.15) is 66.9 Å². The monoisotopic (exact) mass is 482 g/mol. The maximum Gasteiger partial charge on any atom is 0.303 e. The Labute approximate surface area is 210 Å². The largest absolute Gasteiger partial charge is 0.481 e. The van der Waals surface area contributed by atoms with E-state index in [1.165, 1.54) is 31.2 Å². The molecule has 36 heavy (non-hydrogen) atoms. The van der Waals surface area contributed by atoms with E-state index in [0.29, 0.717) is 23.8 Å². The highest BCUT2D eigenvalue weighted by molar-refractivity contribution is 5.96. The molecule has 1 aliphatic rings. The van der Waals surface area contributed by atoms with Crippen LogP contribution >= 0.6 is 0 Å². The van der Waals surface area contributed by atoms with Gasteiger partial charge in [0.25, 0.3) is 0 Å². The molecule has 1 aromatic heterocycles. The number of ketones is 1. The lowest BCUT2D eigenvalue weighted by Gasteiger charge is -2.26. The van der Waals surface area contributed by atoms with E-state index in [2.05, 4.69) is 34.6 Å². The highest BCUT2D eigenvalue weighted by Crippen LogP contribution is 2.38. The normalized spacial score (nSPS) is 14.7. The zero-order chi connectivity index (χ0) is 24.9. The number of aromatic nitrogens is 1. The molecular formula is C30H30N2O4. The van der Waals surface area contributed by atoms with Crippen LogP contribution in [0.3, 0.4) is 0 Å². The molecule has 0 spiro atoms. The van der Waals surface area contributed by atoms with Crippen LogP contribution in [-0.2, 0) is 4.79 Å². The minimum Gasteiger partial charge on any atom is -0.481 e. The minimum atomic E-state index is -0.873. The Morgan fingerprint density at radius 3 is 2.36 bits per heavy atom. The number of nitrogens with zero attached hydrogens (tertiary/aromatic N) is 1. The molecule has 0 unspecified atom stereocenters. The van der Waals surface area contributed by atoms with Gasteiger partial charge >= 0.3 is 5.97 Å². The quantitative estimate of drug-likeness (QED) is 0.231. The van der Waals surface area contributed by atoms with E-state index >= 15 is 0 Å². The molecule has 0 aliphatic heterocycles. The summed E-state index contributed by atoms with van der Waals surface area (Å²) in [5.41, 5.74) is 5.39.